The third kappa shape index (κ3) is 3.15. The Morgan fingerprint density at radius 3 is 2.38 bits per heavy atom. The number of rotatable bonds is 5. The number of aliphatic carboxylic acids is 1. The molecule has 88 valence electrons. The Morgan fingerprint density at radius 1 is 1.38 bits per heavy atom. The number of carboxylic acid groups (broad SMARTS) is 1. The number of hydrogen-bond acceptors (Lipinski definition) is 2. The molecule has 0 spiro atoms. The highest BCUT2D eigenvalue weighted by atomic mass is 19.3. The van der Waals surface area contributed by atoms with E-state index >= 15 is 0 Å². The molecule has 0 radical (unpaired) electrons. The van der Waals surface area contributed by atoms with Crippen LogP contribution in [0.15, 0.2) is 30.3 Å². The zero-order chi connectivity index (χ0) is 12.2. The lowest BCUT2D eigenvalue weighted by Crippen LogP contribution is -2.42. The van der Waals surface area contributed by atoms with E-state index in [9.17, 15) is 18.0 Å². The molecule has 0 aliphatic heterocycles. The Kier molecular flexibility index (Phi) is 3.76. The number of nitrogens with one attached hydrogen (secondary N) is 1. The highest BCUT2D eigenvalue weighted by molar-refractivity contribution is 5.69. The van der Waals surface area contributed by atoms with Crippen molar-refractivity contribution in [3.8, 4) is 0 Å². The number of para-hydroxylation sites is 1. The standard InChI is InChI=1S/C10H10F3NO2/c11-9(12)10(13,6-8(15)16)14-7-4-2-1-3-5-7/h1-5,9,14H,6H2,(H,15,16). The Labute approximate surface area is 89.9 Å². The first-order valence-electron chi connectivity index (χ1n) is 4.46. The number of benzene rings is 1. The lowest BCUT2D eigenvalue weighted by molar-refractivity contribution is -0.143. The predicted molar refractivity (Wildman–Crippen MR) is 52.2 cm³/mol. The number of alkyl halides is 3. The SMILES string of the molecule is O=C(O)CC(F)(Nc1ccccc1)C(F)F. The highest BCUT2D eigenvalue weighted by Crippen LogP contribution is 2.27. The number of carbonyl (C=O) groups is 1. The predicted octanol–water partition coefficient (Wildman–Crippen LogP) is 2.50. The summed E-state index contributed by atoms with van der Waals surface area (Å²) < 4.78 is 38.5. The van der Waals surface area contributed by atoms with E-state index in [1.54, 1.807) is 6.07 Å². The van der Waals surface area contributed by atoms with E-state index < -0.39 is 24.6 Å². The van der Waals surface area contributed by atoms with Gasteiger partial charge in [0.25, 0.3) is 12.2 Å². The first-order chi connectivity index (χ1) is 7.44. The molecule has 1 aromatic rings. The van der Waals surface area contributed by atoms with Gasteiger partial charge >= 0.3 is 5.97 Å². The van der Waals surface area contributed by atoms with Crippen molar-refractivity contribution in [2.45, 2.75) is 18.6 Å². The first kappa shape index (κ1) is 12.4. The molecular weight excluding hydrogens is 223 g/mol. The maximum Gasteiger partial charge on any atom is 0.308 e. The van der Waals surface area contributed by atoms with E-state index in [-0.39, 0.29) is 5.69 Å². The molecule has 0 aliphatic carbocycles. The fourth-order valence-electron chi connectivity index (χ4n) is 1.16. The van der Waals surface area contributed by atoms with E-state index in [2.05, 4.69) is 0 Å². The minimum atomic E-state index is -3.43. The second-order valence-corrected chi connectivity index (χ2v) is 3.22. The van der Waals surface area contributed by atoms with Gasteiger partial charge in [-0.2, -0.15) is 0 Å². The largest absolute Gasteiger partial charge is 0.481 e. The van der Waals surface area contributed by atoms with Crippen molar-refractivity contribution in [1.29, 1.82) is 0 Å². The normalized spacial score (nSPS) is 14.5. The smallest absolute Gasteiger partial charge is 0.308 e. The summed E-state index contributed by atoms with van der Waals surface area (Å²) in [5.74, 6) is -4.89. The minimum absolute atomic E-state index is 0.103. The Bertz CT molecular complexity index is 358. The molecule has 0 amide bonds. The van der Waals surface area contributed by atoms with Gasteiger partial charge in [0.2, 0.25) is 0 Å². The van der Waals surface area contributed by atoms with E-state index in [1.165, 1.54) is 24.3 Å². The summed E-state index contributed by atoms with van der Waals surface area (Å²) >= 11 is 0. The fraction of sp³-hybridized carbons (Fsp3) is 0.300. The zero-order valence-corrected chi connectivity index (χ0v) is 8.16. The van der Waals surface area contributed by atoms with Crippen LogP contribution in [0.2, 0.25) is 0 Å². The van der Waals surface area contributed by atoms with E-state index in [0.717, 1.165) is 0 Å². The maximum absolute atomic E-state index is 13.6. The quantitative estimate of drug-likeness (QED) is 0.768. The van der Waals surface area contributed by atoms with Gasteiger partial charge in [0, 0.05) is 5.69 Å². The second-order valence-electron chi connectivity index (χ2n) is 3.22. The molecule has 0 saturated heterocycles. The van der Waals surface area contributed by atoms with Crippen LogP contribution in [-0.4, -0.2) is 23.3 Å². The Morgan fingerprint density at radius 2 is 1.94 bits per heavy atom. The summed E-state index contributed by atoms with van der Waals surface area (Å²) in [5, 5.41) is 10.3. The molecular formula is C10H10F3NO2. The number of halogens is 3. The lowest BCUT2D eigenvalue weighted by Gasteiger charge is -2.25. The van der Waals surface area contributed by atoms with Crippen LogP contribution in [0.25, 0.3) is 0 Å². The minimum Gasteiger partial charge on any atom is -0.481 e. The zero-order valence-electron chi connectivity index (χ0n) is 8.16. The van der Waals surface area contributed by atoms with Crippen LogP contribution in [0.4, 0.5) is 18.9 Å². The van der Waals surface area contributed by atoms with Crippen molar-refractivity contribution in [1.82, 2.24) is 0 Å². The van der Waals surface area contributed by atoms with Gasteiger partial charge in [-0.05, 0) is 12.1 Å². The molecule has 0 heterocycles. The fourth-order valence-corrected chi connectivity index (χ4v) is 1.16. The summed E-state index contributed by atoms with van der Waals surface area (Å²) in [6.07, 6.45) is -4.73. The van der Waals surface area contributed by atoms with Crippen molar-refractivity contribution in [3.63, 3.8) is 0 Å². The van der Waals surface area contributed by atoms with Crippen LogP contribution in [-0.2, 0) is 4.79 Å². The van der Waals surface area contributed by atoms with Crippen molar-refractivity contribution in [2.75, 3.05) is 5.32 Å². The number of anilines is 1. The number of hydrogen-bond donors (Lipinski definition) is 2. The third-order valence-corrected chi connectivity index (χ3v) is 1.88. The summed E-state index contributed by atoms with van der Waals surface area (Å²) in [4.78, 5) is 10.3. The van der Waals surface area contributed by atoms with Crippen LogP contribution in [0.1, 0.15) is 6.42 Å². The Hall–Kier alpha value is -1.72. The molecule has 0 bridgehead atoms. The van der Waals surface area contributed by atoms with Crippen LogP contribution >= 0.6 is 0 Å². The third-order valence-electron chi connectivity index (χ3n) is 1.88. The number of carboxylic acids is 1. The van der Waals surface area contributed by atoms with Gasteiger partial charge < -0.3 is 10.4 Å². The molecule has 1 aromatic carbocycles. The summed E-state index contributed by atoms with van der Waals surface area (Å²) in [7, 11) is 0. The molecule has 6 heteroatoms. The Balaban J connectivity index is 2.83. The van der Waals surface area contributed by atoms with Gasteiger partial charge in [0.1, 0.15) is 6.42 Å². The van der Waals surface area contributed by atoms with Crippen LogP contribution < -0.4 is 5.32 Å². The molecule has 3 nitrogen and oxygen atoms in total. The average Bonchev–Trinajstić information content (AvgIpc) is 2.17. The van der Waals surface area contributed by atoms with Crippen LogP contribution in [0, 0.1) is 0 Å². The average molecular weight is 233 g/mol. The monoisotopic (exact) mass is 233 g/mol. The van der Waals surface area contributed by atoms with Crippen LogP contribution in [0.3, 0.4) is 0 Å². The summed E-state index contributed by atoms with van der Waals surface area (Å²) in [6, 6.07) is 7.42. The van der Waals surface area contributed by atoms with E-state index in [0.29, 0.717) is 0 Å². The van der Waals surface area contributed by atoms with Crippen molar-refractivity contribution in [2.24, 2.45) is 0 Å². The van der Waals surface area contributed by atoms with Gasteiger partial charge in [0.15, 0.2) is 0 Å². The molecule has 0 fully saturated rings. The van der Waals surface area contributed by atoms with Gasteiger partial charge in [-0.1, -0.05) is 18.2 Å². The molecule has 0 saturated carbocycles. The first-order valence-corrected chi connectivity index (χ1v) is 4.46. The topological polar surface area (TPSA) is 49.3 Å². The summed E-state index contributed by atoms with van der Waals surface area (Å²) in [5.41, 5.74) is 0.103. The second kappa shape index (κ2) is 4.87. The van der Waals surface area contributed by atoms with Gasteiger partial charge in [-0.3, -0.25) is 4.79 Å². The van der Waals surface area contributed by atoms with E-state index in [1.807, 2.05) is 5.32 Å². The van der Waals surface area contributed by atoms with Gasteiger partial charge in [0.05, 0.1) is 0 Å². The maximum atomic E-state index is 13.6. The van der Waals surface area contributed by atoms with E-state index in [4.69, 9.17) is 5.11 Å². The molecule has 1 rings (SSSR count). The molecule has 16 heavy (non-hydrogen) atoms. The molecule has 2 N–H and O–H groups in total. The molecule has 1 atom stereocenters. The van der Waals surface area contributed by atoms with Crippen LogP contribution in [0.5, 0.6) is 0 Å². The molecule has 0 aromatic heterocycles. The van der Waals surface area contributed by atoms with Crippen molar-refractivity contribution >= 4 is 11.7 Å². The highest BCUT2D eigenvalue weighted by Gasteiger charge is 2.42. The molecule has 0 aliphatic rings. The lowest BCUT2D eigenvalue weighted by atomic mass is 10.1. The van der Waals surface area contributed by atoms with Gasteiger partial charge in [-0.15, -0.1) is 0 Å². The van der Waals surface area contributed by atoms with Crippen molar-refractivity contribution < 1.29 is 23.1 Å². The van der Waals surface area contributed by atoms with Gasteiger partial charge in [-0.25, -0.2) is 13.2 Å². The summed E-state index contributed by atoms with van der Waals surface area (Å²) in [6.45, 7) is 0. The molecule has 1 unspecified atom stereocenters. The van der Waals surface area contributed by atoms with Crippen molar-refractivity contribution in [3.05, 3.63) is 30.3 Å².